The van der Waals surface area contributed by atoms with E-state index in [-0.39, 0.29) is 18.6 Å². The average Bonchev–Trinajstić information content (AvgIpc) is 2.50. The van der Waals surface area contributed by atoms with E-state index < -0.39 is 29.5 Å². The Morgan fingerprint density at radius 2 is 1.68 bits per heavy atom. The van der Waals surface area contributed by atoms with Crippen LogP contribution in [-0.2, 0) is 14.4 Å². The van der Waals surface area contributed by atoms with Crippen molar-refractivity contribution in [1.82, 2.24) is 15.1 Å². The number of amides is 4. The third kappa shape index (κ3) is 3.02. The van der Waals surface area contributed by atoms with Crippen molar-refractivity contribution in [2.24, 2.45) is 11.7 Å². The fourth-order valence-electron chi connectivity index (χ4n) is 2.93. The number of ketones is 1. The second-order valence-electron chi connectivity index (χ2n) is 5.91. The van der Waals surface area contributed by atoms with Gasteiger partial charge >= 0.3 is 6.03 Å². The molecule has 2 aliphatic rings. The van der Waals surface area contributed by atoms with Crippen LogP contribution in [0.2, 0.25) is 0 Å². The van der Waals surface area contributed by atoms with E-state index in [4.69, 9.17) is 5.73 Å². The minimum absolute atomic E-state index is 0.0172. The molecule has 8 nitrogen and oxygen atoms in total. The second kappa shape index (κ2) is 6.53. The molecule has 0 aromatic heterocycles. The number of nitrogens with zero attached hydrogens (tertiary/aromatic N) is 2. The highest BCUT2D eigenvalue weighted by Crippen LogP contribution is 2.18. The summed E-state index contributed by atoms with van der Waals surface area (Å²) in [6.45, 7) is -0.101. The molecule has 8 heteroatoms. The van der Waals surface area contributed by atoms with Gasteiger partial charge in [0, 0.05) is 26.2 Å². The van der Waals surface area contributed by atoms with Gasteiger partial charge in [-0.2, -0.15) is 0 Å². The van der Waals surface area contributed by atoms with E-state index in [1.165, 1.54) is 14.1 Å². The molecule has 1 aliphatic carbocycles. The maximum Gasteiger partial charge on any atom is 0.332 e. The molecule has 0 bridgehead atoms. The number of imide groups is 2. The topological polar surface area (TPSA) is 113 Å². The minimum atomic E-state index is -1.44. The fourth-order valence-corrected chi connectivity index (χ4v) is 2.93. The molecule has 0 aromatic carbocycles. The van der Waals surface area contributed by atoms with Crippen LogP contribution in [0.3, 0.4) is 0 Å². The Hall–Kier alpha value is -1.80. The van der Waals surface area contributed by atoms with E-state index in [2.05, 4.69) is 5.32 Å². The van der Waals surface area contributed by atoms with Crippen LogP contribution < -0.4 is 11.1 Å². The van der Waals surface area contributed by atoms with Crippen LogP contribution >= 0.6 is 0 Å². The summed E-state index contributed by atoms with van der Waals surface area (Å²) < 4.78 is 0. The molecule has 0 radical (unpaired) electrons. The van der Waals surface area contributed by atoms with Crippen LogP contribution in [0.1, 0.15) is 25.7 Å². The Kier molecular flexibility index (Phi) is 4.92. The van der Waals surface area contributed by atoms with Crippen molar-refractivity contribution in [3.63, 3.8) is 0 Å². The molecular formula is C14H22N4O4. The Morgan fingerprint density at radius 3 is 2.23 bits per heavy atom. The molecular weight excluding hydrogens is 288 g/mol. The minimum Gasteiger partial charge on any atom is -0.326 e. The van der Waals surface area contributed by atoms with Crippen LogP contribution in [0, 0.1) is 5.92 Å². The molecule has 2 fully saturated rings. The normalized spacial score (nSPS) is 27.5. The first-order valence-corrected chi connectivity index (χ1v) is 7.45. The van der Waals surface area contributed by atoms with Gasteiger partial charge < -0.3 is 11.1 Å². The lowest BCUT2D eigenvalue weighted by Crippen LogP contribution is -2.60. The summed E-state index contributed by atoms with van der Waals surface area (Å²) in [4.78, 5) is 49.6. The molecule has 2 atom stereocenters. The largest absolute Gasteiger partial charge is 0.332 e. The standard InChI is InChI=1S/C14H22N4O4/c1-17-12(20)11(13(21)18(2)14(17)22)10(19)7-16-9-6-4-3-5-8(9)15/h8-9,11,16H,3-7,15H2,1-2H3/t8-,9-/m1/s1. The number of hydrogen-bond acceptors (Lipinski definition) is 6. The number of nitrogens with two attached hydrogens (primary N) is 1. The van der Waals surface area contributed by atoms with Gasteiger partial charge in [-0.25, -0.2) is 4.79 Å². The molecule has 1 saturated heterocycles. The summed E-state index contributed by atoms with van der Waals surface area (Å²) in [5.74, 6) is -3.51. The highest BCUT2D eigenvalue weighted by atomic mass is 16.2. The van der Waals surface area contributed by atoms with E-state index in [1.54, 1.807) is 0 Å². The molecule has 1 heterocycles. The van der Waals surface area contributed by atoms with Crippen molar-refractivity contribution in [2.75, 3.05) is 20.6 Å². The first-order chi connectivity index (χ1) is 10.3. The number of Topliss-reactive ketones (excluding diaryl/α,β-unsaturated/α-hetero) is 1. The van der Waals surface area contributed by atoms with Crippen molar-refractivity contribution in [3.05, 3.63) is 0 Å². The summed E-state index contributed by atoms with van der Waals surface area (Å²) in [6.07, 6.45) is 3.89. The van der Waals surface area contributed by atoms with E-state index in [0.29, 0.717) is 0 Å². The molecule has 1 saturated carbocycles. The van der Waals surface area contributed by atoms with Gasteiger partial charge in [0.25, 0.3) is 11.8 Å². The molecule has 0 unspecified atom stereocenters. The smallest absolute Gasteiger partial charge is 0.326 e. The molecule has 4 amide bonds. The molecule has 0 aromatic rings. The number of barbiturate groups is 1. The Balaban J connectivity index is 2.00. The van der Waals surface area contributed by atoms with E-state index >= 15 is 0 Å². The summed E-state index contributed by atoms with van der Waals surface area (Å²) >= 11 is 0. The number of carbonyl (C=O) groups is 4. The summed E-state index contributed by atoms with van der Waals surface area (Å²) in [5, 5.41) is 3.05. The van der Waals surface area contributed by atoms with Gasteiger partial charge in [0.1, 0.15) is 0 Å². The average molecular weight is 310 g/mol. The zero-order valence-corrected chi connectivity index (χ0v) is 12.9. The Labute approximate surface area is 129 Å². The van der Waals surface area contributed by atoms with Crippen LogP contribution in [-0.4, -0.2) is 66.2 Å². The van der Waals surface area contributed by atoms with Gasteiger partial charge in [-0.05, 0) is 12.8 Å². The molecule has 2 rings (SSSR count). The maximum atomic E-state index is 12.3. The first-order valence-electron chi connectivity index (χ1n) is 7.45. The predicted octanol–water partition coefficient (Wildman–Crippen LogP) is -0.918. The lowest BCUT2D eigenvalue weighted by molar-refractivity contribution is -0.151. The Morgan fingerprint density at radius 1 is 1.14 bits per heavy atom. The van der Waals surface area contributed by atoms with Gasteiger partial charge in [0.05, 0.1) is 6.54 Å². The number of nitrogens with one attached hydrogen (secondary N) is 1. The molecule has 3 N–H and O–H groups in total. The highest BCUT2D eigenvalue weighted by molar-refractivity contribution is 6.26. The summed E-state index contributed by atoms with van der Waals surface area (Å²) in [6, 6.07) is -0.726. The SMILES string of the molecule is CN1C(=O)C(C(=O)CN[C@@H]2CCCC[C@H]2N)C(=O)N(C)C1=O. The van der Waals surface area contributed by atoms with Crippen molar-refractivity contribution >= 4 is 23.6 Å². The fraction of sp³-hybridized carbons (Fsp3) is 0.714. The number of carbonyl (C=O) groups excluding carboxylic acids is 4. The van der Waals surface area contributed by atoms with Crippen molar-refractivity contribution in [2.45, 2.75) is 37.8 Å². The monoisotopic (exact) mass is 310 g/mol. The van der Waals surface area contributed by atoms with Crippen LogP contribution in [0.25, 0.3) is 0 Å². The molecule has 122 valence electrons. The maximum absolute atomic E-state index is 12.3. The van der Waals surface area contributed by atoms with Gasteiger partial charge in [-0.3, -0.25) is 24.2 Å². The van der Waals surface area contributed by atoms with E-state index in [0.717, 1.165) is 35.5 Å². The number of rotatable bonds is 4. The van der Waals surface area contributed by atoms with E-state index in [1.807, 2.05) is 0 Å². The third-order valence-electron chi connectivity index (χ3n) is 4.41. The second-order valence-corrected chi connectivity index (χ2v) is 5.91. The van der Waals surface area contributed by atoms with Crippen molar-refractivity contribution in [3.8, 4) is 0 Å². The van der Waals surface area contributed by atoms with Gasteiger partial charge in [0.15, 0.2) is 11.7 Å². The van der Waals surface area contributed by atoms with Crippen LogP contribution in [0.4, 0.5) is 4.79 Å². The lowest BCUT2D eigenvalue weighted by Gasteiger charge is -2.33. The summed E-state index contributed by atoms with van der Waals surface area (Å²) in [7, 11) is 2.52. The summed E-state index contributed by atoms with van der Waals surface area (Å²) in [5.41, 5.74) is 5.99. The first kappa shape index (κ1) is 16.6. The number of urea groups is 1. The highest BCUT2D eigenvalue weighted by Gasteiger charge is 2.46. The van der Waals surface area contributed by atoms with Gasteiger partial charge in [-0.15, -0.1) is 0 Å². The Bertz CT molecular complexity index is 483. The van der Waals surface area contributed by atoms with Gasteiger partial charge in [-0.1, -0.05) is 12.8 Å². The van der Waals surface area contributed by atoms with Crippen molar-refractivity contribution in [1.29, 1.82) is 0 Å². The number of hydrogen-bond donors (Lipinski definition) is 2. The molecule has 0 spiro atoms. The third-order valence-corrected chi connectivity index (χ3v) is 4.41. The lowest BCUT2D eigenvalue weighted by atomic mass is 9.90. The van der Waals surface area contributed by atoms with Crippen LogP contribution in [0.5, 0.6) is 0 Å². The zero-order chi connectivity index (χ0) is 16.4. The predicted molar refractivity (Wildman–Crippen MR) is 77.7 cm³/mol. The molecule has 22 heavy (non-hydrogen) atoms. The van der Waals surface area contributed by atoms with E-state index in [9.17, 15) is 19.2 Å². The quantitative estimate of drug-likeness (QED) is 0.649. The van der Waals surface area contributed by atoms with Gasteiger partial charge in [0.2, 0.25) is 0 Å². The van der Waals surface area contributed by atoms with Crippen LogP contribution in [0.15, 0.2) is 0 Å². The zero-order valence-electron chi connectivity index (χ0n) is 12.9. The van der Waals surface area contributed by atoms with Crippen molar-refractivity contribution < 1.29 is 19.2 Å². The molecule has 1 aliphatic heterocycles.